The number of rotatable bonds is 5. The summed E-state index contributed by atoms with van der Waals surface area (Å²) < 4.78 is 9.19. The minimum Gasteiger partial charge on any atom is -0.465 e. The third kappa shape index (κ3) is 5.41. The molecule has 0 saturated carbocycles. The van der Waals surface area contributed by atoms with Crippen molar-refractivity contribution in [2.24, 2.45) is 0 Å². The van der Waals surface area contributed by atoms with Crippen LogP contribution in [0.1, 0.15) is 20.7 Å². The third-order valence-corrected chi connectivity index (χ3v) is 2.40. The van der Waals surface area contributed by atoms with Gasteiger partial charge in [-0.15, -0.1) is 12.4 Å². The van der Waals surface area contributed by atoms with E-state index in [0.29, 0.717) is 5.69 Å². The summed E-state index contributed by atoms with van der Waals surface area (Å²) in [5, 5.41) is 5.25. The Morgan fingerprint density at radius 2 is 1.48 bits per heavy atom. The summed E-state index contributed by atoms with van der Waals surface area (Å²) in [5.41, 5.74) is 0.610. The highest BCUT2D eigenvalue weighted by Gasteiger charge is 2.14. The minimum atomic E-state index is -0.611. The van der Waals surface area contributed by atoms with E-state index in [0.717, 1.165) is 0 Å². The molecule has 0 aliphatic carbocycles. The van der Waals surface area contributed by atoms with Gasteiger partial charge in [0.15, 0.2) is 0 Å². The van der Waals surface area contributed by atoms with E-state index in [2.05, 4.69) is 20.1 Å². The Morgan fingerprint density at radius 3 is 1.86 bits per heavy atom. The van der Waals surface area contributed by atoms with Gasteiger partial charge in [0.1, 0.15) is 0 Å². The smallest absolute Gasteiger partial charge is 0.337 e. The van der Waals surface area contributed by atoms with Gasteiger partial charge in [-0.05, 0) is 25.2 Å². The van der Waals surface area contributed by atoms with Crippen LogP contribution in [-0.2, 0) is 14.3 Å². The van der Waals surface area contributed by atoms with Crippen LogP contribution in [0.15, 0.2) is 18.2 Å². The first-order valence-electron chi connectivity index (χ1n) is 5.78. The van der Waals surface area contributed by atoms with E-state index in [1.807, 2.05) is 0 Å². The van der Waals surface area contributed by atoms with E-state index in [-0.39, 0.29) is 36.0 Å². The number of esters is 2. The second-order valence-electron chi connectivity index (χ2n) is 3.86. The molecule has 0 aliphatic heterocycles. The highest BCUT2D eigenvalue weighted by Crippen LogP contribution is 2.17. The molecule has 0 spiro atoms. The van der Waals surface area contributed by atoms with E-state index >= 15 is 0 Å². The molecule has 1 amide bonds. The summed E-state index contributed by atoms with van der Waals surface area (Å²) in [5.74, 6) is -1.52. The fraction of sp³-hybridized carbons (Fsp3) is 0.308. The molecule has 1 aromatic carbocycles. The Morgan fingerprint density at radius 1 is 1.00 bits per heavy atom. The largest absolute Gasteiger partial charge is 0.465 e. The van der Waals surface area contributed by atoms with E-state index in [1.165, 1.54) is 32.4 Å². The predicted molar refractivity (Wildman–Crippen MR) is 78.9 cm³/mol. The molecular weight excluding hydrogens is 300 g/mol. The van der Waals surface area contributed by atoms with Crippen molar-refractivity contribution in [1.29, 1.82) is 0 Å². The van der Waals surface area contributed by atoms with Crippen LogP contribution in [0, 0.1) is 0 Å². The molecule has 1 aromatic rings. The summed E-state index contributed by atoms with van der Waals surface area (Å²) in [4.78, 5) is 34.6. The summed E-state index contributed by atoms with van der Waals surface area (Å²) in [6.07, 6.45) is 0. The molecule has 21 heavy (non-hydrogen) atoms. The number of ether oxygens (including phenoxy) is 2. The number of likely N-dealkylation sites (N-methyl/N-ethyl adjacent to an activating group) is 1. The molecule has 0 atom stereocenters. The van der Waals surface area contributed by atoms with Gasteiger partial charge in [-0.25, -0.2) is 9.59 Å². The number of methoxy groups -OCH3 is 2. The molecular formula is C13H17ClN2O5. The van der Waals surface area contributed by atoms with E-state index in [1.54, 1.807) is 7.05 Å². The van der Waals surface area contributed by atoms with Crippen molar-refractivity contribution >= 4 is 35.9 Å². The van der Waals surface area contributed by atoms with Crippen LogP contribution in [-0.4, -0.2) is 45.7 Å². The number of anilines is 1. The SMILES string of the molecule is CNCC(=O)Nc1cc(C(=O)OC)cc(C(=O)OC)c1.Cl. The fourth-order valence-electron chi connectivity index (χ4n) is 1.54. The van der Waals surface area contributed by atoms with Gasteiger partial charge in [-0.2, -0.15) is 0 Å². The Balaban J connectivity index is 0.00000400. The van der Waals surface area contributed by atoms with Crippen molar-refractivity contribution in [3.63, 3.8) is 0 Å². The molecule has 0 aliphatic rings. The zero-order valence-corrected chi connectivity index (χ0v) is 12.7. The van der Waals surface area contributed by atoms with Gasteiger partial charge in [0, 0.05) is 5.69 Å². The fourth-order valence-corrected chi connectivity index (χ4v) is 1.54. The van der Waals surface area contributed by atoms with E-state index < -0.39 is 11.9 Å². The van der Waals surface area contributed by atoms with Gasteiger partial charge in [0.05, 0.1) is 31.9 Å². The van der Waals surface area contributed by atoms with Crippen LogP contribution in [0.3, 0.4) is 0 Å². The number of hydrogen-bond donors (Lipinski definition) is 2. The number of carbonyl (C=O) groups excluding carboxylic acids is 3. The Kier molecular flexibility index (Phi) is 8.03. The van der Waals surface area contributed by atoms with Crippen LogP contribution in [0.25, 0.3) is 0 Å². The predicted octanol–water partition coefficient (Wildman–Crippen LogP) is 0.839. The first-order valence-corrected chi connectivity index (χ1v) is 5.78. The Labute approximate surface area is 128 Å². The topological polar surface area (TPSA) is 93.7 Å². The average Bonchev–Trinajstić information content (AvgIpc) is 2.45. The number of halogens is 1. The third-order valence-electron chi connectivity index (χ3n) is 2.40. The zero-order valence-electron chi connectivity index (χ0n) is 11.9. The highest BCUT2D eigenvalue weighted by atomic mass is 35.5. The monoisotopic (exact) mass is 316 g/mol. The molecule has 0 saturated heterocycles. The summed E-state index contributed by atoms with van der Waals surface area (Å²) in [6.45, 7) is 0.107. The normalized spacial score (nSPS) is 9.29. The van der Waals surface area contributed by atoms with Gasteiger partial charge in [0.25, 0.3) is 0 Å². The first kappa shape index (κ1) is 18.9. The maximum Gasteiger partial charge on any atom is 0.337 e. The van der Waals surface area contributed by atoms with Crippen LogP contribution in [0.4, 0.5) is 5.69 Å². The highest BCUT2D eigenvalue weighted by molar-refractivity contribution is 5.99. The van der Waals surface area contributed by atoms with Gasteiger partial charge >= 0.3 is 11.9 Å². The molecule has 1 rings (SSSR count). The van der Waals surface area contributed by atoms with Crippen LogP contribution in [0.5, 0.6) is 0 Å². The van der Waals surface area contributed by atoms with Gasteiger partial charge < -0.3 is 20.1 Å². The average molecular weight is 317 g/mol. The van der Waals surface area contributed by atoms with Crippen LogP contribution in [0.2, 0.25) is 0 Å². The lowest BCUT2D eigenvalue weighted by Gasteiger charge is -2.09. The second kappa shape index (κ2) is 8.93. The number of hydrogen-bond acceptors (Lipinski definition) is 6. The number of benzene rings is 1. The van der Waals surface area contributed by atoms with Crippen molar-refractivity contribution < 1.29 is 23.9 Å². The molecule has 0 unspecified atom stereocenters. The van der Waals surface area contributed by atoms with Crippen LogP contribution >= 0.6 is 12.4 Å². The first-order chi connectivity index (χ1) is 9.51. The molecule has 2 N–H and O–H groups in total. The van der Waals surface area contributed by atoms with Crippen molar-refractivity contribution in [1.82, 2.24) is 5.32 Å². The Bertz CT molecular complexity index is 499. The molecule has 0 heterocycles. The van der Waals surface area contributed by atoms with E-state index in [9.17, 15) is 14.4 Å². The minimum absolute atomic E-state index is 0. The summed E-state index contributed by atoms with van der Waals surface area (Å²) in [6, 6.07) is 4.18. The molecule has 0 fully saturated rings. The lowest BCUT2D eigenvalue weighted by molar-refractivity contribution is -0.115. The standard InChI is InChI=1S/C13H16N2O5.ClH/c1-14-7-11(16)15-10-5-8(12(17)19-2)4-9(6-10)13(18)20-3;/h4-6,14H,7H2,1-3H3,(H,15,16);1H. The summed E-state index contributed by atoms with van der Waals surface area (Å²) in [7, 11) is 4.09. The maximum atomic E-state index is 11.5. The number of amides is 1. The van der Waals surface area contributed by atoms with Gasteiger partial charge in [-0.1, -0.05) is 0 Å². The molecule has 116 valence electrons. The molecule has 0 aromatic heterocycles. The quantitative estimate of drug-likeness (QED) is 0.782. The molecule has 0 radical (unpaired) electrons. The number of carbonyl (C=O) groups is 3. The molecule has 7 nitrogen and oxygen atoms in total. The van der Waals surface area contributed by atoms with Gasteiger partial charge in [-0.3, -0.25) is 4.79 Å². The zero-order chi connectivity index (χ0) is 15.1. The van der Waals surface area contributed by atoms with Crippen molar-refractivity contribution in [2.45, 2.75) is 0 Å². The Hall–Kier alpha value is -2.12. The van der Waals surface area contributed by atoms with Crippen LogP contribution < -0.4 is 10.6 Å². The molecule has 8 heteroatoms. The lowest BCUT2D eigenvalue weighted by atomic mass is 10.1. The van der Waals surface area contributed by atoms with Crippen molar-refractivity contribution in [3.05, 3.63) is 29.3 Å². The summed E-state index contributed by atoms with van der Waals surface area (Å²) >= 11 is 0. The number of nitrogens with one attached hydrogen (secondary N) is 2. The van der Waals surface area contributed by atoms with Crippen molar-refractivity contribution in [3.8, 4) is 0 Å². The lowest BCUT2D eigenvalue weighted by Crippen LogP contribution is -2.25. The molecule has 0 bridgehead atoms. The van der Waals surface area contributed by atoms with E-state index in [4.69, 9.17) is 0 Å². The van der Waals surface area contributed by atoms with Gasteiger partial charge in [0.2, 0.25) is 5.91 Å². The maximum absolute atomic E-state index is 11.5. The van der Waals surface area contributed by atoms with Crippen molar-refractivity contribution in [2.75, 3.05) is 33.1 Å². The second-order valence-corrected chi connectivity index (χ2v) is 3.86.